The minimum atomic E-state index is -0.442. The maximum Gasteiger partial charge on any atom is 0.0762 e. The molecule has 0 aliphatic heterocycles. The lowest BCUT2D eigenvalue weighted by molar-refractivity contribution is 0.199. The van der Waals surface area contributed by atoms with Gasteiger partial charge in [-0.05, 0) is 47.4 Å². The summed E-state index contributed by atoms with van der Waals surface area (Å²) in [5.74, 6) is 0. The number of aliphatic hydroxyl groups is 2. The fraction of sp³-hybridized carbons (Fsp3) is 0.250. The summed E-state index contributed by atoms with van der Waals surface area (Å²) < 4.78 is 0. The van der Waals surface area contributed by atoms with Gasteiger partial charge in [0.25, 0.3) is 0 Å². The van der Waals surface area contributed by atoms with Gasteiger partial charge >= 0.3 is 0 Å². The first-order valence-electron chi connectivity index (χ1n) is 6.20. The Morgan fingerprint density at radius 3 is 2.61 bits per heavy atom. The molecular formula is C16H18O2. The van der Waals surface area contributed by atoms with Crippen LogP contribution in [-0.4, -0.2) is 16.8 Å². The fourth-order valence-corrected chi connectivity index (χ4v) is 1.94. The average Bonchev–Trinajstić information content (AvgIpc) is 2.38. The Bertz CT molecular complexity index is 556. The van der Waals surface area contributed by atoms with Crippen LogP contribution in [0.4, 0.5) is 0 Å². The largest absolute Gasteiger partial charge is 0.396 e. The Morgan fingerprint density at radius 2 is 1.89 bits per heavy atom. The molecule has 0 radical (unpaired) electrons. The lowest BCUT2D eigenvalue weighted by atomic mass is 10.0. The second-order valence-electron chi connectivity index (χ2n) is 4.46. The maximum absolute atomic E-state index is 9.58. The van der Waals surface area contributed by atoms with Gasteiger partial charge in [0.2, 0.25) is 0 Å². The Balaban J connectivity index is 2.36. The fourth-order valence-electron chi connectivity index (χ4n) is 1.94. The normalized spacial score (nSPS) is 13.3. The summed E-state index contributed by atoms with van der Waals surface area (Å²) >= 11 is 0. The summed E-state index contributed by atoms with van der Waals surface area (Å²) in [5.41, 5.74) is 2.04. The Morgan fingerprint density at radius 1 is 1.11 bits per heavy atom. The molecule has 1 atom stereocenters. The van der Waals surface area contributed by atoms with E-state index in [0.29, 0.717) is 6.42 Å². The van der Waals surface area contributed by atoms with E-state index in [4.69, 9.17) is 5.11 Å². The molecule has 0 fully saturated rings. The minimum Gasteiger partial charge on any atom is -0.396 e. The van der Waals surface area contributed by atoms with Crippen molar-refractivity contribution in [1.82, 2.24) is 0 Å². The molecule has 2 nitrogen and oxygen atoms in total. The van der Waals surface area contributed by atoms with Crippen molar-refractivity contribution in [3.63, 3.8) is 0 Å². The van der Waals surface area contributed by atoms with Crippen molar-refractivity contribution in [3.05, 3.63) is 53.6 Å². The molecule has 0 heterocycles. The number of hydrogen-bond acceptors (Lipinski definition) is 2. The van der Waals surface area contributed by atoms with Gasteiger partial charge in [-0.15, -0.1) is 0 Å². The molecule has 2 aromatic rings. The highest BCUT2D eigenvalue weighted by atomic mass is 16.3. The Hall–Kier alpha value is -1.64. The summed E-state index contributed by atoms with van der Waals surface area (Å²) in [6, 6.07) is 12.2. The van der Waals surface area contributed by atoms with Crippen LogP contribution in [0.3, 0.4) is 0 Å². The number of benzene rings is 2. The van der Waals surface area contributed by atoms with Crippen molar-refractivity contribution >= 4 is 16.8 Å². The van der Waals surface area contributed by atoms with Crippen LogP contribution >= 0.6 is 0 Å². The predicted molar refractivity (Wildman–Crippen MR) is 75.3 cm³/mol. The highest BCUT2D eigenvalue weighted by molar-refractivity contribution is 5.85. The van der Waals surface area contributed by atoms with Crippen molar-refractivity contribution in [2.45, 2.75) is 19.4 Å². The van der Waals surface area contributed by atoms with E-state index in [1.165, 1.54) is 5.39 Å². The molecule has 0 aliphatic rings. The van der Waals surface area contributed by atoms with Crippen molar-refractivity contribution < 1.29 is 10.2 Å². The molecule has 0 spiro atoms. The Kier molecular flexibility index (Phi) is 4.13. The van der Waals surface area contributed by atoms with E-state index >= 15 is 0 Å². The van der Waals surface area contributed by atoms with Crippen LogP contribution in [0.1, 0.15) is 30.6 Å². The Labute approximate surface area is 107 Å². The molecule has 18 heavy (non-hydrogen) atoms. The van der Waals surface area contributed by atoms with Crippen LogP contribution in [0.15, 0.2) is 42.5 Å². The van der Waals surface area contributed by atoms with E-state index in [1.54, 1.807) is 6.92 Å². The van der Waals surface area contributed by atoms with E-state index in [-0.39, 0.29) is 6.61 Å². The van der Waals surface area contributed by atoms with Gasteiger partial charge in [-0.1, -0.05) is 36.4 Å². The van der Waals surface area contributed by atoms with E-state index in [2.05, 4.69) is 18.2 Å². The summed E-state index contributed by atoms with van der Waals surface area (Å²) in [7, 11) is 0. The molecule has 0 unspecified atom stereocenters. The SMILES string of the molecule is C[C@@H](O)c1ccc2ccc(/C=C/CCO)cc2c1. The van der Waals surface area contributed by atoms with Crippen LogP contribution in [0.25, 0.3) is 16.8 Å². The van der Waals surface area contributed by atoms with Crippen molar-refractivity contribution in [3.8, 4) is 0 Å². The van der Waals surface area contributed by atoms with E-state index in [1.807, 2.05) is 30.4 Å². The molecule has 0 saturated heterocycles. The van der Waals surface area contributed by atoms with Gasteiger partial charge < -0.3 is 10.2 Å². The van der Waals surface area contributed by atoms with E-state index < -0.39 is 6.10 Å². The number of rotatable bonds is 4. The average molecular weight is 242 g/mol. The zero-order valence-electron chi connectivity index (χ0n) is 10.5. The first-order chi connectivity index (χ1) is 8.70. The molecule has 0 saturated carbocycles. The monoisotopic (exact) mass is 242 g/mol. The smallest absolute Gasteiger partial charge is 0.0762 e. The summed E-state index contributed by atoms with van der Waals surface area (Å²) in [5, 5.41) is 20.6. The second kappa shape index (κ2) is 5.80. The predicted octanol–water partition coefficient (Wildman–Crippen LogP) is 3.29. The van der Waals surface area contributed by atoms with Crippen LogP contribution in [0.2, 0.25) is 0 Å². The zero-order chi connectivity index (χ0) is 13.0. The molecule has 2 aromatic carbocycles. The zero-order valence-corrected chi connectivity index (χ0v) is 10.5. The first-order valence-corrected chi connectivity index (χ1v) is 6.20. The van der Waals surface area contributed by atoms with Crippen molar-refractivity contribution in [2.24, 2.45) is 0 Å². The highest BCUT2D eigenvalue weighted by Crippen LogP contribution is 2.22. The number of hydrogen-bond donors (Lipinski definition) is 2. The molecule has 0 amide bonds. The summed E-state index contributed by atoms with van der Waals surface area (Å²) in [6.45, 7) is 1.95. The molecule has 94 valence electrons. The first kappa shape index (κ1) is 12.8. The van der Waals surface area contributed by atoms with Crippen molar-refractivity contribution in [1.29, 1.82) is 0 Å². The molecule has 0 aromatic heterocycles. The molecule has 0 aliphatic carbocycles. The van der Waals surface area contributed by atoms with E-state index in [9.17, 15) is 5.11 Å². The van der Waals surface area contributed by atoms with Gasteiger partial charge in [-0.25, -0.2) is 0 Å². The lowest BCUT2D eigenvalue weighted by Gasteiger charge is -2.06. The highest BCUT2D eigenvalue weighted by Gasteiger charge is 2.02. The van der Waals surface area contributed by atoms with Crippen LogP contribution < -0.4 is 0 Å². The van der Waals surface area contributed by atoms with Crippen LogP contribution in [-0.2, 0) is 0 Å². The third-order valence-electron chi connectivity index (χ3n) is 2.98. The number of fused-ring (bicyclic) bond motifs is 1. The molecule has 2 N–H and O–H groups in total. The summed E-state index contributed by atoms with van der Waals surface area (Å²) in [4.78, 5) is 0. The van der Waals surface area contributed by atoms with Crippen LogP contribution in [0, 0.1) is 0 Å². The third-order valence-corrected chi connectivity index (χ3v) is 2.98. The molecule has 0 bridgehead atoms. The van der Waals surface area contributed by atoms with Crippen molar-refractivity contribution in [2.75, 3.05) is 6.61 Å². The van der Waals surface area contributed by atoms with Gasteiger partial charge in [0.1, 0.15) is 0 Å². The minimum absolute atomic E-state index is 0.177. The van der Waals surface area contributed by atoms with Gasteiger partial charge in [-0.3, -0.25) is 0 Å². The maximum atomic E-state index is 9.58. The van der Waals surface area contributed by atoms with Gasteiger partial charge in [0.05, 0.1) is 6.10 Å². The van der Waals surface area contributed by atoms with E-state index in [0.717, 1.165) is 16.5 Å². The summed E-state index contributed by atoms with van der Waals surface area (Å²) in [6.07, 6.45) is 4.19. The van der Waals surface area contributed by atoms with Gasteiger partial charge in [0, 0.05) is 6.61 Å². The number of aliphatic hydroxyl groups excluding tert-OH is 2. The quantitative estimate of drug-likeness (QED) is 0.863. The standard InChI is InChI=1S/C16H18O2/c1-12(18)15-8-7-14-6-5-13(4-2-3-9-17)10-16(14)11-15/h2,4-8,10-12,17-18H,3,9H2,1H3/b4-2+/t12-/m1/s1. The van der Waals surface area contributed by atoms with Crippen LogP contribution in [0.5, 0.6) is 0 Å². The molecule has 2 heteroatoms. The molecule has 2 rings (SSSR count). The third kappa shape index (κ3) is 2.97. The topological polar surface area (TPSA) is 40.5 Å². The van der Waals surface area contributed by atoms with Gasteiger partial charge in [-0.2, -0.15) is 0 Å². The van der Waals surface area contributed by atoms with Gasteiger partial charge in [0.15, 0.2) is 0 Å². The lowest BCUT2D eigenvalue weighted by Crippen LogP contribution is -1.90. The second-order valence-corrected chi connectivity index (χ2v) is 4.46. The molecular weight excluding hydrogens is 224 g/mol.